The zero-order valence-corrected chi connectivity index (χ0v) is 27.9. The Morgan fingerprint density at radius 2 is 0.865 bits per heavy atom. The fraction of sp³-hybridized carbons (Fsp3) is 0. The topological polar surface area (TPSA) is 40.8 Å². The number of furan rings is 1. The number of pyridine rings is 1. The van der Waals surface area contributed by atoms with Gasteiger partial charge in [0.25, 0.3) is 0 Å². The van der Waals surface area contributed by atoms with Crippen LogP contribution < -0.4 is 0 Å². The molecule has 0 aliphatic rings. The molecule has 0 N–H and O–H groups in total. The summed E-state index contributed by atoms with van der Waals surface area (Å²) in [6.07, 6.45) is 3.88. The van der Waals surface area contributed by atoms with E-state index in [0.717, 1.165) is 55.4 Å². The first-order chi connectivity index (χ1) is 25.8. The van der Waals surface area contributed by atoms with Gasteiger partial charge in [-0.2, -0.15) is 0 Å². The van der Waals surface area contributed by atoms with Crippen molar-refractivity contribution in [1.29, 1.82) is 0 Å². The number of nitrogens with zero attached hydrogens (tertiary/aromatic N) is 4. The van der Waals surface area contributed by atoms with E-state index in [1.165, 1.54) is 49.0 Å². The van der Waals surface area contributed by atoms with Crippen LogP contribution in [0.25, 0.3) is 104 Å². The summed E-state index contributed by atoms with van der Waals surface area (Å²) >= 11 is 0. The highest BCUT2D eigenvalue weighted by molar-refractivity contribution is 6.29. The van der Waals surface area contributed by atoms with Gasteiger partial charge in [0.15, 0.2) is 0 Å². The summed E-state index contributed by atoms with van der Waals surface area (Å²) in [5, 5.41) is 9.54. The van der Waals surface area contributed by atoms with E-state index in [0.29, 0.717) is 0 Å². The summed E-state index contributed by atoms with van der Waals surface area (Å²) in [5.41, 5.74) is 12.2. The number of hydrogen-bond donors (Lipinski definition) is 0. The third kappa shape index (κ3) is 3.64. The molecular formula is C47H28N4O. The van der Waals surface area contributed by atoms with Gasteiger partial charge in [-0.15, -0.1) is 0 Å². The molecular weight excluding hydrogens is 637 g/mol. The summed E-state index contributed by atoms with van der Waals surface area (Å²) in [5.74, 6) is 0. The van der Waals surface area contributed by atoms with E-state index in [1.54, 1.807) is 0 Å². The maximum Gasteiger partial charge on any atom is 0.135 e. The smallest absolute Gasteiger partial charge is 0.135 e. The zero-order valence-electron chi connectivity index (χ0n) is 27.9. The molecule has 5 aromatic heterocycles. The standard InChI is InChI=1S/C47H28N4O/c1-2-10-29(11-3-1)49-40-20-18-30(26-35(40)37-28-48-25-24-41(37)49)50-38-15-7-4-13-33(38)46-42(50)21-22-43-47(46)34-14-5-8-16-39(34)51(43)31-19-23-45-36(27-31)32-12-6-9-17-44(32)52-45/h1-28H. The Hall–Kier alpha value is -7.11. The first-order valence-corrected chi connectivity index (χ1v) is 17.6. The van der Waals surface area contributed by atoms with Crippen molar-refractivity contribution in [2.45, 2.75) is 0 Å². The second kappa shape index (κ2) is 10.2. The number of fused-ring (bicyclic) bond motifs is 13. The minimum Gasteiger partial charge on any atom is -0.456 e. The van der Waals surface area contributed by atoms with Crippen molar-refractivity contribution in [3.05, 3.63) is 170 Å². The van der Waals surface area contributed by atoms with Crippen LogP contribution in [0.4, 0.5) is 0 Å². The summed E-state index contributed by atoms with van der Waals surface area (Å²) in [7, 11) is 0. The van der Waals surface area contributed by atoms with Crippen LogP contribution in [0, 0.1) is 0 Å². The van der Waals surface area contributed by atoms with E-state index in [-0.39, 0.29) is 0 Å². The van der Waals surface area contributed by atoms with Gasteiger partial charge in [0.1, 0.15) is 11.2 Å². The Morgan fingerprint density at radius 1 is 0.346 bits per heavy atom. The molecule has 0 atom stereocenters. The van der Waals surface area contributed by atoms with Crippen molar-refractivity contribution >= 4 is 87.4 Å². The molecule has 5 nitrogen and oxygen atoms in total. The quantitative estimate of drug-likeness (QED) is 0.189. The lowest BCUT2D eigenvalue weighted by molar-refractivity contribution is 0.669. The lowest BCUT2D eigenvalue weighted by Crippen LogP contribution is -1.96. The van der Waals surface area contributed by atoms with Crippen LogP contribution in [0.1, 0.15) is 0 Å². The van der Waals surface area contributed by atoms with E-state index >= 15 is 0 Å². The first-order valence-electron chi connectivity index (χ1n) is 17.6. The molecule has 0 saturated carbocycles. The van der Waals surface area contributed by atoms with E-state index in [9.17, 15) is 0 Å². The third-order valence-corrected chi connectivity index (χ3v) is 10.9. The number of aromatic nitrogens is 4. The Balaban J connectivity index is 1.16. The van der Waals surface area contributed by atoms with E-state index in [1.807, 2.05) is 24.5 Å². The van der Waals surface area contributed by atoms with Crippen molar-refractivity contribution in [2.75, 3.05) is 0 Å². The van der Waals surface area contributed by atoms with Gasteiger partial charge in [-0.05, 0) is 84.9 Å². The SMILES string of the molecule is c1ccc(-n2c3ccncc3c3cc(-n4c5ccccc5c5c6c7ccccc7n(-c7ccc8oc9ccccc9c8c7)c6ccc54)ccc32)cc1. The number of rotatable bonds is 3. The fourth-order valence-corrected chi connectivity index (χ4v) is 8.78. The summed E-state index contributed by atoms with van der Waals surface area (Å²) in [4.78, 5) is 4.55. The van der Waals surface area contributed by atoms with Gasteiger partial charge >= 0.3 is 0 Å². The molecule has 0 fully saturated rings. The molecule has 0 aliphatic heterocycles. The number of benzene rings is 7. The van der Waals surface area contributed by atoms with Gasteiger partial charge < -0.3 is 18.1 Å². The second-order valence-corrected chi connectivity index (χ2v) is 13.6. The largest absolute Gasteiger partial charge is 0.456 e. The molecule has 7 aromatic carbocycles. The zero-order chi connectivity index (χ0) is 33.9. The highest BCUT2D eigenvalue weighted by Crippen LogP contribution is 2.43. The number of hydrogen-bond acceptors (Lipinski definition) is 2. The van der Waals surface area contributed by atoms with Crippen LogP contribution in [0.3, 0.4) is 0 Å². The molecule has 5 heteroatoms. The van der Waals surface area contributed by atoms with Crippen LogP contribution in [-0.4, -0.2) is 18.7 Å². The Labute approximate surface area is 296 Å². The van der Waals surface area contributed by atoms with Crippen molar-refractivity contribution in [1.82, 2.24) is 18.7 Å². The average Bonchev–Trinajstić information content (AvgIpc) is 3.94. The lowest BCUT2D eigenvalue weighted by Gasteiger charge is -2.11. The van der Waals surface area contributed by atoms with Crippen LogP contribution in [0.15, 0.2) is 175 Å². The third-order valence-electron chi connectivity index (χ3n) is 10.9. The highest BCUT2D eigenvalue weighted by Gasteiger charge is 2.22. The molecule has 0 amide bonds. The highest BCUT2D eigenvalue weighted by atomic mass is 16.3. The molecule has 0 bridgehead atoms. The minimum absolute atomic E-state index is 0.899. The molecule has 0 aliphatic carbocycles. The Kier molecular flexibility index (Phi) is 5.44. The predicted octanol–water partition coefficient (Wildman–Crippen LogP) is 12.3. The van der Waals surface area contributed by atoms with Crippen molar-refractivity contribution in [3.8, 4) is 17.1 Å². The van der Waals surface area contributed by atoms with Crippen molar-refractivity contribution in [3.63, 3.8) is 0 Å². The van der Waals surface area contributed by atoms with Gasteiger partial charge in [-0.1, -0.05) is 72.8 Å². The monoisotopic (exact) mass is 664 g/mol. The number of para-hydroxylation sites is 4. The molecule has 0 unspecified atom stereocenters. The first kappa shape index (κ1) is 27.7. The van der Waals surface area contributed by atoms with E-state index in [2.05, 4.69) is 164 Å². The fourth-order valence-electron chi connectivity index (χ4n) is 8.78. The molecule has 12 rings (SSSR count). The van der Waals surface area contributed by atoms with Crippen LogP contribution in [0.2, 0.25) is 0 Å². The lowest BCUT2D eigenvalue weighted by atomic mass is 10.1. The van der Waals surface area contributed by atoms with Gasteiger partial charge in [-0.25, -0.2) is 0 Å². The molecule has 0 saturated heterocycles. The Bertz CT molecular complexity index is 3410. The molecule has 5 heterocycles. The summed E-state index contributed by atoms with van der Waals surface area (Å²) in [6.45, 7) is 0. The normalized spacial score (nSPS) is 12.2. The van der Waals surface area contributed by atoms with Gasteiger partial charge in [0, 0.05) is 72.5 Å². The summed E-state index contributed by atoms with van der Waals surface area (Å²) in [6, 6.07) is 56.6. The molecule has 52 heavy (non-hydrogen) atoms. The molecule has 0 radical (unpaired) electrons. The second-order valence-electron chi connectivity index (χ2n) is 13.6. The maximum absolute atomic E-state index is 6.21. The maximum atomic E-state index is 6.21. The van der Waals surface area contributed by atoms with E-state index in [4.69, 9.17) is 4.42 Å². The summed E-state index contributed by atoms with van der Waals surface area (Å²) < 4.78 is 13.4. The average molecular weight is 665 g/mol. The van der Waals surface area contributed by atoms with Crippen LogP contribution in [-0.2, 0) is 0 Å². The molecule has 12 aromatic rings. The molecule has 242 valence electrons. The Morgan fingerprint density at radius 3 is 1.60 bits per heavy atom. The van der Waals surface area contributed by atoms with Gasteiger partial charge in [-0.3, -0.25) is 4.98 Å². The predicted molar refractivity (Wildman–Crippen MR) is 215 cm³/mol. The van der Waals surface area contributed by atoms with Crippen molar-refractivity contribution in [2.24, 2.45) is 0 Å². The van der Waals surface area contributed by atoms with Crippen LogP contribution >= 0.6 is 0 Å². The van der Waals surface area contributed by atoms with Crippen molar-refractivity contribution < 1.29 is 4.42 Å². The van der Waals surface area contributed by atoms with E-state index < -0.39 is 0 Å². The van der Waals surface area contributed by atoms with Gasteiger partial charge in [0.05, 0.1) is 33.1 Å². The van der Waals surface area contributed by atoms with Gasteiger partial charge in [0.2, 0.25) is 0 Å². The minimum atomic E-state index is 0.899. The van der Waals surface area contributed by atoms with Crippen LogP contribution in [0.5, 0.6) is 0 Å². The molecule has 0 spiro atoms.